The summed E-state index contributed by atoms with van der Waals surface area (Å²) in [6.45, 7) is 3.05. The zero-order valence-electron chi connectivity index (χ0n) is 20.0. The predicted octanol–water partition coefficient (Wildman–Crippen LogP) is 3.94. The molecule has 5 heterocycles. The van der Waals surface area contributed by atoms with Gasteiger partial charge >= 0.3 is 6.03 Å². The Morgan fingerprint density at radius 3 is 2.81 bits per heavy atom. The molecule has 2 saturated heterocycles. The van der Waals surface area contributed by atoms with Gasteiger partial charge in [-0.2, -0.15) is 4.98 Å². The summed E-state index contributed by atoms with van der Waals surface area (Å²) < 4.78 is 23.0. The molecule has 188 valence electrons. The van der Waals surface area contributed by atoms with E-state index in [1.165, 1.54) is 0 Å². The third-order valence-electron chi connectivity index (χ3n) is 7.20. The maximum atomic E-state index is 12.9. The molecule has 1 atom stereocenters. The topological polar surface area (TPSA) is 112 Å². The van der Waals surface area contributed by atoms with E-state index in [-0.39, 0.29) is 11.6 Å². The fraction of sp³-hybridized carbons (Fsp3) is 0.462. The minimum absolute atomic E-state index is 0.109. The summed E-state index contributed by atoms with van der Waals surface area (Å²) in [4.78, 5) is 23.5. The number of benzene rings is 1. The summed E-state index contributed by atoms with van der Waals surface area (Å²) in [5.74, 6) is 2.98. The van der Waals surface area contributed by atoms with Crippen LogP contribution in [0.5, 0.6) is 11.5 Å². The minimum atomic E-state index is -0.205. The van der Waals surface area contributed by atoms with E-state index in [1.54, 1.807) is 12.4 Å². The van der Waals surface area contributed by atoms with Crippen LogP contribution in [-0.2, 0) is 11.2 Å². The second-order valence-corrected chi connectivity index (χ2v) is 9.62. The summed E-state index contributed by atoms with van der Waals surface area (Å²) in [5, 5.41) is 7.11. The van der Waals surface area contributed by atoms with E-state index in [2.05, 4.69) is 20.4 Å². The molecule has 1 N–H and O–H groups in total. The van der Waals surface area contributed by atoms with Crippen LogP contribution in [0.25, 0.3) is 11.4 Å². The Kier molecular flexibility index (Phi) is 6.18. The molecular weight excluding hydrogens is 462 g/mol. The zero-order chi connectivity index (χ0) is 24.4. The number of urea groups is 1. The Balaban J connectivity index is 1.03. The van der Waals surface area contributed by atoms with Gasteiger partial charge in [0.2, 0.25) is 11.7 Å². The van der Waals surface area contributed by atoms with Gasteiger partial charge in [0, 0.05) is 55.8 Å². The Morgan fingerprint density at radius 2 is 1.97 bits per heavy atom. The standard InChI is InChI=1S/C26H29N5O5/c32-25(28-20-3-4-21-22(15-20)34-13-12-33-21)31-9-6-26(7-10-31)16-18(5-11-35-26)14-23-29-24(30-36-23)19-2-1-8-27-17-19/h1-4,8,15,17-18H,5-7,9-14,16H2,(H,28,32). The number of carbonyl (C=O) groups excluding carboxylic acids is 1. The molecule has 0 saturated carbocycles. The van der Waals surface area contributed by atoms with E-state index in [0.717, 1.165) is 37.7 Å². The predicted molar refractivity (Wildman–Crippen MR) is 130 cm³/mol. The number of anilines is 1. The number of pyridine rings is 1. The largest absolute Gasteiger partial charge is 0.486 e. The van der Waals surface area contributed by atoms with Crippen molar-refractivity contribution in [3.8, 4) is 22.9 Å². The summed E-state index contributed by atoms with van der Waals surface area (Å²) in [5.41, 5.74) is 1.34. The summed E-state index contributed by atoms with van der Waals surface area (Å²) >= 11 is 0. The van der Waals surface area contributed by atoms with E-state index in [9.17, 15) is 4.79 Å². The SMILES string of the molecule is O=C(Nc1ccc2c(c1)OCCO2)N1CCC2(CC1)CC(Cc1nc(-c3cccnc3)no1)CCO2. The molecule has 0 aliphatic carbocycles. The number of hydrogen-bond acceptors (Lipinski definition) is 8. The monoisotopic (exact) mass is 491 g/mol. The number of piperidine rings is 1. The number of likely N-dealkylation sites (tertiary alicyclic amines) is 1. The Morgan fingerprint density at radius 1 is 1.11 bits per heavy atom. The molecule has 1 spiro atoms. The van der Waals surface area contributed by atoms with Crippen molar-refractivity contribution in [2.45, 2.75) is 37.7 Å². The first-order valence-corrected chi connectivity index (χ1v) is 12.5. The molecule has 2 fully saturated rings. The lowest BCUT2D eigenvalue weighted by Gasteiger charge is -2.46. The van der Waals surface area contributed by atoms with E-state index in [1.807, 2.05) is 35.2 Å². The quantitative estimate of drug-likeness (QED) is 0.584. The van der Waals surface area contributed by atoms with Gasteiger partial charge in [-0.05, 0) is 55.9 Å². The Bertz CT molecular complexity index is 1210. The molecule has 10 nitrogen and oxygen atoms in total. The molecule has 6 rings (SSSR count). The maximum Gasteiger partial charge on any atom is 0.321 e. The Hall–Kier alpha value is -3.66. The van der Waals surface area contributed by atoms with Gasteiger partial charge in [0.15, 0.2) is 11.5 Å². The molecule has 10 heteroatoms. The van der Waals surface area contributed by atoms with Crippen molar-refractivity contribution in [3.63, 3.8) is 0 Å². The zero-order valence-corrected chi connectivity index (χ0v) is 20.0. The molecule has 3 aliphatic rings. The highest BCUT2D eigenvalue weighted by molar-refractivity contribution is 5.89. The second-order valence-electron chi connectivity index (χ2n) is 9.62. The number of ether oxygens (including phenoxy) is 3. The summed E-state index contributed by atoms with van der Waals surface area (Å²) in [6, 6.07) is 9.14. The first-order valence-electron chi connectivity index (χ1n) is 12.5. The van der Waals surface area contributed by atoms with Gasteiger partial charge in [-0.3, -0.25) is 4.98 Å². The molecule has 3 aromatic rings. The highest BCUT2D eigenvalue weighted by Crippen LogP contribution is 2.39. The molecule has 1 unspecified atom stereocenters. The lowest BCUT2D eigenvalue weighted by atomic mass is 9.78. The van der Waals surface area contributed by atoms with Gasteiger partial charge in [0.1, 0.15) is 13.2 Å². The number of nitrogens with zero attached hydrogens (tertiary/aromatic N) is 4. The Labute approximate surface area is 208 Å². The van der Waals surface area contributed by atoms with E-state index >= 15 is 0 Å². The lowest BCUT2D eigenvalue weighted by Crippen LogP contribution is -2.51. The van der Waals surface area contributed by atoms with Gasteiger partial charge in [0.05, 0.1) is 5.60 Å². The van der Waals surface area contributed by atoms with Gasteiger partial charge in [-0.15, -0.1) is 0 Å². The first kappa shape index (κ1) is 22.8. The van der Waals surface area contributed by atoms with Crippen molar-refractivity contribution in [2.24, 2.45) is 5.92 Å². The molecule has 36 heavy (non-hydrogen) atoms. The summed E-state index contributed by atoms with van der Waals surface area (Å²) in [6.07, 6.45) is 7.68. The number of hydrogen-bond donors (Lipinski definition) is 1. The molecule has 3 aliphatic heterocycles. The van der Waals surface area contributed by atoms with Crippen LogP contribution in [0.3, 0.4) is 0 Å². The number of rotatable bonds is 4. The third-order valence-corrected chi connectivity index (χ3v) is 7.20. The van der Waals surface area contributed by atoms with Gasteiger partial charge in [-0.25, -0.2) is 4.79 Å². The first-order chi connectivity index (χ1) is 17.7. The fourth-order valence-electron chi connectivity index (χ4n) is 5.29. The third kappa shape index (κ3) is 4.86. The van der Waals surface area contributed by atoms with Crippen molar-refractivity contribution in [1.82, 2.24) is 20.0 Å². The van der Waals surface area contributed by atoms with Crippen molar-refractivity contribution in [1.29, 1.82) is 0 Å². The molecule has 2 amide bonds. The molecular formula is C26H29N5O5. The van der Waals surface area contributed by atoms with Crippen LogP contribution in [-0.4, -0.2) is 64.6 Å². The van der Waals surface area contributed by atoms with Gasteiger partial charge in [0.25, 0.3) is 0 Å². The van der Waals surface area contributed by atoms with Crippen LogP contribution in [0.2, 0.25) is 0 Å². The highest BCUT2D eigenvalue weighted by atomic mass is 16.6. The van der Waals surface area contributed by atoms with Crippen LogP contribution < -0.4 is 14.8 Å². The molecule has 0 bridgehead atoms. The van der Waals surface area contributed by atoms with E-state index in [0.29, 0.717) is 67.7 Å². The number of fused-ring (bicyclic) bond motifs is 1. The summed E-state index contributed by atoms with van der Waals surface area (Å²) in [7, 11) is 0. The van der Waals surface area contributed by atoms with Crippen molar-refractivity contribution in [2.75, 3.05) is 38.2 Å². The van der Waals surface area contributed by atoms with Gasteiger partial charge in [-0.1, -0.05) is 5.16 Å². The average molecular weight is 492 g/mol. The van der Waals surface area contributed by atoms with Crippen LogP contribution in [0, 0.1) is 5.92 Å². The van der Waals surface area contributed by atoms with Crippen molar-refractivity contribution >= 4 is 11.7 Å². The number of carbonyl (C=O) groups is 1. The van der Waals surface area contributed by atoms with Crippen LogP contribution in [0.1, 0.15) is 31.6 Å². The molecule has 0 radical (unpaired) electrons. The lowest BCUT2D eigenvalue weighted by molar-refractivity contribution is -0.123. The average Bonchev–Trinajstić information content (AvgIpc) is 3.38. The number of nitrogens with one attached hydrogen (secondary N) is 1. The van der Waals surface area contributed by atoms with E-state index in [4.69, 9.17) is 18.7 Å². The molecule has 2 aromatic heterocycles. The van der Waals surface area contributed by atoms with Crippen molar-refractivity contribution in [3.05, 3.63) is 48.6 Å². The van der Waals surface area contributed by atoms with E-state index < -0.39 is 0 Å². The smallest absolute Gasteiger partial charge is 0.321 e. The number of amides is 2. The van der Waals surface area contributed by atoms with Gasteiger partial charge < -0.3 is 29.0 Å². The maximum absolute atomic E-state index is 12.9. The molecule has 1 aromatic carbocycles. The fourth-order valence-corrected chi connectivity index (χ4v) is 5.29. The highest BCUT2D eigenvalue weighted by Gasteiger charge is 2.41. The minimum Gasteiger partial charge on any atom is -0.486 e. The second kappa shape index (κ2) is 9.77. The number of aromatic nitrogens is 3. The van der Waals surface area contributed by atoms with Crippen LogP contribution in [0.15, 0.2) is 47.2 Å². The van der Waals surface area contributed by atoms with Crippen molar-refractivity contribution < 1.29 is 23.5 Å². The van der Waals surface area contributed by atoms with Crippen LogP contribution >= 0.6 is 0 Å². The normalized spacial score (nSPS) is 20.8. The van der Waals surface area contributed by atoms with Crippen LogP contribution in [0.4, 0.5) is 10.5 Å².